The second kappa shape index (κ2) is 11.1. The van der Waals surface area contributed by atoms with Crippen LogP contribution >= 0.6 is 0 Å². The van der Waals surface area contributed by atoms with Crippen molar-refractivity contribution >= 4 is 67.5 Å². The van der Waals surface area contributed by atoms with E-state index in [4.69, 9.17) is 9.40 Å². The van der Waals surface area contributed by atoms with Gasteiger partial charge in [-0.15, -0.1) is 0 Å². The zero-order valence-electron chi connectivity index (χ0n) is 30.3. The summed E-state index contributed by atoms with van der Waals surface area (Å²) in [6.45, 7) is 9.58. The van der Waals surface area contributed by atoms with Gasteiger partial charge >= 0.3 is 317 Å². The van der Waals surface area contributed by atoms with Crippen molar-refractivity contribution in [1.82, 2.24) is 4.98 Å². The van der Waals surface area contributed by atoms with Crippen LogP contribution in [0.1, 0.15) is 56.4 Å². The molecule has 3 aliphatic carbocycles. The average molecular weight is 750 g/mol. The van der Waals surface area contributed by atoms with Gasteiger partial charge < -0.3 is 0 Å². The predicted octanol–water partition coefficient (Wildman–Crippen LogP) is 12.9. The number of para-hydroxylation sites is 2. The Bertz CT molecular complexity index is 2870. The van der Waals surface area contributed by atoms with Gasteiger partial charge in [0, 0.05) is 0 Å². The number of fused-ring (bicyclic) bond motifs is 10. The first-order valence-corrected chi connectivity index (χ1v) is 20.4. The number of oxazole rings is 1. The van der Waals surface area contributed by atoms with E-state index in [2.05, 4.69) is 148 Å². The molecule has 2 heterocycles. The molecule has 2 aromatic heterocycles. The van der Waals surface area contributed by atoms with Crippen molar-refractivity contribution in [3.63, 3.8) is 0 Å². The molecule has 3 aliphatic rings. The van der Waals surface area contributed by atoms with Crippen molar-refractivity contribution in [2.45, 2.75) is 44.9 Å². The normalized spacial score (nSPS) is 17.5. The van der Waals surface area contributed by atoms with E-state index in [9.17, 15) is 0 Å². The Kier molecular flexibility index (Phi) is 6.50. The quantitative estimate of drug-likeness (QED) is 0.168. The van der Waals surface area contributed by atoms with E-state index in [1.165, 1.54) is 75.3 Å². The topological polar surface area (TPSA) is 29.3 Å². The Labute approximate surface area is 315 Å². The maximum absolute atomic E-state index is 6.32. The number of rotatable bonds is 4. The Morgan fingerprint density at radius 2 is 1.42 bits per heavy atom. The minimum absolute atomic E-state index is 0.0400. The molecule has 0 radical (unpaired) electrons. The monoisotopic (exact) mass is 750 g/mol. The summed E-state index contributed by atoms with van der Waals surface area (Å²) in [5.74, 6) is 1.19. The molecule has 0 N–H and O–H groups in total. The van der Waals surface area contributed by atoms with Gasteiger partial charge in [-0.2, -0.15) is 0 Å². The Morgan fingerprint density at radius 3 is 2.32 bits per heavy atom. The average Bonchev–Trinajstić information content (AvgIpc) is 3.90. The third-order valence-corrected chi connectivity index (χ3v) is 14.7. The van der Waals surface area contributed by atoms with Crippen molar-refractivity contribution in [3.05, 3.63) is 162 Å². The molecule has 3 nitrogen and oxygen atoms in total. The van der Waals surface area contributed by atoms with Gasteiger partial charge in [-0.25, -0.2) is 0 Å². The molecule has 0 fully saturated rings. The van der Waals surface area contributed by atoms with E-state index >= 15 is 0 Å². The summed E-state index contributed by atoms with van der Waals surface area (Å²) in [5.41, 5.74) is 16.1. The molecule has 53 heavy (non-hydrogen) atoms. The summed E-state index contributed by atoms with van der Waals surface area (Å²) < 4.78 is 9.07. The Hall–Kier alpha value is -5.41. The molecule has 6 aromatic carbocycles. The number of hydrogen-bond donors (Lipinski definition) is 0. The van der Waals surface area contributed by atoms with Crippen LogP contribution in [0.2, 0.25) is 0 Å². The molecule has 0 saturated heterocycles. The van der Waals surface area contributed by atoms with Crippen molar-refractivity contribution in [2.75, 3.05) is 4.90 Å². The summed E-state index contributed by atoms with van der Waals surface area (Å²) in [7, 11) is 0. The van der Waals surface area contributed by atoms with Gasteiger partial charge in [0.15, 0.2) is 0 Å². The molecule has 0 amide bonds. The number of benzene rings is 6. The number of aromatic nitrogens is 1. The first-order chi connectivity index (χ1) is 25.8. The van der Waals surface area contributed by atoms with Crippen molar-refractivity contribution in [1.29, 1.82) is 0 Å². The molecular weight excluding hydrogens is 712 g/mol. The van der Waals surface area contributed by atoms with Gasteiger partial charge in [0.05, 0.1) is 0 Å². The molecule has 11 rings (SSSR count). The van der Waals surface area contributed by atoms with Crippen LogP contribution < -0.4 is 4.90 Å². The van der Waals surface area contributed by atoms with E-state index in [1.54, 1.807) is 0 Å². The maximum atomic E-state index is 6.32. The molecule has 256 valence electrons. The SMILES string of the molecule is CC1(C)c2ccccc2-c2cc(N(c3ccc4c(c3)C(C)(C)C3CC=CC=C43)c3ccc4c(c3)[se]c3cccc(-c5nc6ccccc6o5)c34)ccc21. The van der Waals surface area contributed by atoms with E-state index in [0.29, 0.717) is 11.8 Å². The zero-order valence-corrected chi connectivity index (χ0v) is 32.0. The van der Waals surface area contributed by atoms with E-state index < -0.39 is 0 Å². The van der Waals surface area contributed by atoms with Crippen LogP contribution in [0.15, 0.2) is 144 Å². The van der Waals surface area contributed by atoms with E-state index in [0.717, 1.165) is 23.1 Å². The molecular formula is C49H38N2OSe. The number of anilines is 3. The van der Waals surface area contributed by atoms with E-state index in [1.807, 2.05) is 24.3 Å². The van der Waals surface area contributed by atoms with Gasteiger partial charge in [0.1, 0.15) is 0 Å². The standard InChI is InChI=1S/C49H38N2OSe/c1-48(2)39-16-8-6-13-33(39)37-26-29(22-25-40(37)48)51(30-20-23-34-32-12-5-7-15-38(32)49(3,4)41(34)27-30)31-21-24-35-45(28-31)53-44-19-11-14-36(46(35)44)47-50-42-17-9-10-18-43(42)52-47/h5-14,16-28,38H,15H2,1-4H3. The molecule has 8 aromatic rings. The first-order valence-electron chi connectivity index (χ1n) is 18.6. The molecule has 0 aliphatic heterocycles. The van der Waals surface area contributed by atoms with Crippen LogP contribution in [0, 0.1) is 5.92 Å². The fraction of sp³-hybridized carbons (Fsp3) is 0.163. The molecule has 0 spiro atoms. The van der Waals surface area contributed by atoms with Crippen molar-refractivity contribution in [3.8, 4) is 22.6 Å². The van der Waals surface area contributed by atoms with Gasteiger partial charge in [0.25, 0.3) is 0 Å². The van der Waals surface area contributed by atoms with Gasteiger partial charge in [-0.3, -0.25) is 0 Å². The third kappa shape index (κ3) is 4.43. The summed E-state index contributed by atoms with van der Waals surface area (Å²) >= 11 is 0.143. The Morgan fingerprint density at radius 1 is 0.660 bits per heavy atom. The fourth-order valence-corrected chi connectivity index (χ4v) is 12.1. The summed E-state index contributed by atoms with van der Waals surface area (Å²) in [6, 6.07) is 45.0. The van der Waals surface area contributed by atoms with Crippen molar-refractivity contribution in [2.24, 2.45) is 5.92 Å². The van der Waals surface area contributed by atoms with Crippen LogP contribution in [0.25, 0.3) is 58.5 Å². The zero-order chi connectivity index (χ0) is 35.6. The molecule has 0 saturated carbocycles. The number of nitrogens with zero attached hydrogens (tertiary/aromatic N) is 2. The summed E-state index contributed by atoms with van der Waals surface area (Å²) in [6.07, 6.45) is 8.00. The van der Waals surface area contributed by atoms with Crippen LogP contribution in [0.5, 0.6) is 0 Å². The van der Waals surface area contributed by atoms with Crippen LogP contribution in [0.4, 0.5) is 17.1 Å². The van der Waals surface area contributed by atoms with Crippen molar-refractivity contribution < 1.29 is 4.42 Å². The van der Waals surface area contributed by atoms with Gasteiger partial charge in [0.2, 0.25) is 0 Å². The van der Waals surface area contributed by atoms with Crippen LogP contribution in [-0.4, -0.2) is 19.5 Å². The molecule has 1 atom stereocenters. The van der Waals surface area contributed by atoms with Gasteiger partial charge in [-0.05, 0) is 0 Å². The second-order valence-electron chi connectivity index (χ2n) is 16.0. The molecule has 1 unspecified atom stereocenters. The van der Waals surface area contributed by atoms with Crippen LogP contribution in [0.3, 0.4) is 0 Å². The van der Waals surface area contributed by atoms with Crippen LogP contribution in [-0.2, 0) is 10.8 Å². The summed E-state index contributed by atoms with van der Waals surface area (Å²) in [5, 5.41) is 2.54. The van der Waals surface area contributed by atoms with Gasteiger partial charge in [-0.1, -0.05) is 0 Å². The second-order valence-corrected chi connectivity index (χ2v) is 18.2. The van der Waals surface area contributed by atoms with E-state index in [-0.39, 0.29) is 25.3 Å². The molecule has 4 heteroatoms. The fourth-order valence-electron chi connectivity index (χ4n) is 9.65. The Balaban J connectivity index is 1.11. The predicted molar refractivity (Wildman–Crippen MR) is 222 cm³/mol. The number of allylic oxidation sites excluding steroid dienone is 4. The first kappa shape index (κ1) is 31.1. The molecule has 0 bridgehead atoms. The minimum atomic E-state index is -0.0425. The number of hydrogen-bond acceptors (Lipinski definition) is 3. The summed E-state index contributed by atoms with van der Waals surface area (Å²) in [4.78, 5) is 7.40. The third-order valence-electron chi connectivity index (χ3n) is 12.4.